The maximum absolute atomic E-state index is 11.1. The van der Waals surface area contributed by atoms with Gasteiger partial charge >= 0.3 is 5.97 Å². The second-order valence-electron chi connectivity index (χ2n) is 3.48. The summed E-state index contributed by atoms with van der Waals surface area (Å²) in [5.41, 5.74) is 0.879. The summed E-state index contributed by atoms with van der Waals surface area (Å²) in [5, 5.41) is 10.1. The lowest BCUT2D eigenvalue weighted by Gasteiger charge is -2.06. The normalized spacial score (nSPS) is 10.4. The molecule has 0 aliphatic rings. The number of nitrogens with zero attached hydrogens (tertiary/aromatic N) is 1. The van der Waals surface area contributed by atoms with E-state index >= 15 is 0 Å². The third-order valence-corrected chi connectivity index (χ3v) is 3.22. The SMILES string of the molecule is O=C(O)c1cc(Cl)cnc1-c1ccc(Cl)c(Cl)c1. The summed E-state index contributed by atoms with van der Waals surface area (Å²) in [4.78, 5) is 15.2. The minimum atomic E-state index is -1.11. The van der Waals surface area contributed by atoms with Crippen molar-refractivity contribution in [3.05, 3.63) is 51.1 Å². The number of benzene rings is 1. The summed E-state index contributed by atoms with van der Waals surface area (Å²) in [6.07, 6.45) is 1.38. The third-order valence-electron chi connectivity index (χ3n) is 2.28. The van der Waals surface area contributed by atoms with Crippen molar-refractivity contribution in [2.75, 3.05) is 0 Å². The molecule has 0 aliphatic carbocycles. The molecule has 1 N–H and O–H groups in total. The number of aromatic carboxylic acids is 1. The molecule has 3 nitrogen and oxygen atoms in total. The molecule has 0 spiro atoms. The Kier molecular flexibility index (Phi) is 3.76. The van der Waals surface area contributed by atoms with Gasteiger partial charge in [-0.3, -0.25) is 4.98 Å². The molecule has 0 saturated carbocycles. The number of pyridine rings is 1. The number of hydrogen-bond donors (Lipinski definition) is 1. The Balaban J connectivity index is 2.63. The zero-order valence-electron chi connectivity index (χ0n) is 8.82. The van der Waals surface area contributed by atoms with Crippen LogP contribution in [0.2, 0.25) is 15.1 Å². The fourth-order valence-electron chi connectivity index (χ4n) is 1.48. The molecule has 92 valence electrons. The van der Waals surface area contributed by atoms with Gasteiger partial charge in [0, 0.05) is 11.8 Å². The second-order valence-corrected chi connectivity index (χ2v) is 4.73. The molecule has 0 saturated heterocycles. The van der Waals surface area contributed by atoms with Crippen LogP contribution in [0.5, 0.6) is 0 Å². The molecule has 6 heteroatoms. The largest absolute Gasteiger partial charge is 0.478 e. The number of rotatable bonds is 2. The van der Waals surface area contributed by atoms with E-state index in [1.807, 2.05) is 0 Å². The second kappa shape index (κ2) is 5.14. The van der Waals surface area contributed by atoms with Crippen molar-refractivity contribution in [1.29, 1.82) is 0 Å². The van der Waals surface area contributed by atoms with Gasteiger partial charge in [0.15, 0.2) is 0 Å². The van der Waals surface area contributed by atoms with E-state index in [0.717, 1.165) is 0 Å². The van der Waals surface area contributed by atoms with Crippen LogP contribution >= 0.6 is 34.8 Å². The summed E-state index contributed by atoms with van der Waals surface area (Å²) < 4.78 is 0. The molecule has 0 bridgehead atoms. The molecular formula is C12H6Cl3NO2. The molecule has 0 fully saturated rings. The monoisotopic (exact) mass is 301 g/mol. The highest BCUT2D eigenvalue weighted by Gasteiger charge is 2.14. The van der Waals surface area contributed by atoms with E-state index < -0.39 is 5.97 Å². The van der Waals surface area contributed by atoms with Crippen LogP contribution in [0.3, 0.4) is 0 Å². The highest BCUT2D eigenvalue weighted by Crippen LogP contribution is 2.30. The number of carboxylic acids is 1. The zero-order chi connectivity index (χ0) is 13.3. The van der Waals surface area contributed by atoms with Gasteiger partial charge in [-0.15, -0.1) is 0 Å². The zero-order valence-corrected chi connectivity index (χ0v) is 11.1. The van der Waals surface area contributed by atoms with Gasteiger partial charge in [0.1, 0.15) is 0 Å². The summed E-state index contributed by atoms with van der Waals surface area (Å²) in [6, 6.07) is 6.14. The van der Waals surface area contributed by atoms with E-state index in [1.54, 1.807) is 18.2 Å². The molecule has 2 rings (SSSR count). The van der Waals surface area contributed by atoms with Gasteiger partial charge in [-0.05, 0) is 18.2 Å². The van der Waals surface area contributed by atoms with Crippen molar-refractivity contribution in [2.45, 2.75) is 0 Å². The minimum absolute atomic E-state index is 0.0147. The number of carboxylic acid groups (broad SMARTS) is 1. The van der Waals surface area contributed by atoms with Crippen molar-refractivity contribution in [3.63, 3.8) is 0 Å². The first kappa shape index (κ1) is 13.1. The first-order valence-electron chi connectivity index (χ1n) is 4.83. The molecule has 1 aromatic carbocycles. The number of carbonyl (C=O) groups is 1. The quantitative estimate of drug-likeness (QED) is 0.894. The lowest BCUT2D eigenvalue weighted by Crippen LogP contribution is -2.01. The lowest BCUT2D eigenvalue weighted by atomic mass is 10.1. The fraction of sp³-hybridized carbons (Fsp3) is 0. The van der Waals surface area contributed by atoms with Crippen LogP contribution in [-0.2, 0) is 0 Å². The molecule has 0 aliphatic heterocycles. The van der Waals surface area contributed by atoms with Crippen LogP contribution in [0.1, 0.15) is 10.4 Å². The van der Waals surface area contributed by atoms with Crippen LogP contribution in [0, 0.1) is 0 Å². The van der Waals surface area contributed by atoms with Crippen molar-refractivity contribution in [3.8, 4) is 11.3 Å². The predicted octanol–water partition coefficient (Wildman–Crippen LogP) is 4.41. The number of hydrogen-bond acceptors (Lipinski definition) is 2. The molecule has 1 aromatic heterocycles. The Labute approximate surface area is 118 Å². The molecule has 18 heavy (non-hydrogen) atoms. The van der Waals surface area contributed by atoms with E-state index in [9.17, 15) is 4.79 Å². The Hall–Kier alpha value is -1.29. The van der Waals surface area contributed by atoms with Gasteiger partial charge in [-0.1, -0.05) is 40.9 Å². The van der Waals surface area contributed by atoms with Crippen molar-refractivity contribution < 1.29 is 9.90 Å². The van der Waals surface area contributed by atoms with Gasteiger partial charge in [-0.25, -0.2) is 4.79 Å². The first-order valence-corrected chi connectivity index (χ1v) is 5.96. The Morgan fingerprint density at radius 1 is 1.11 bits per heavy atom. The number of aromatic nitrogens is 1. The van der Waals surface area contributed by atoms with Gasteiger partial charge in [0.25, 0.3) is 0 Å². The molecule has 0 unspecified atom stereocenters. The smallest absolute Gasteiger partial charge is 0.337 e. The van der Waals surface area contributed by atoms with Crippen LogP contribution in [0.15, 0.2) is 30.5 Å². The fourth-order valence-corrected chi connectivity index (χ4v) is 1.93. The first-order chi connectivity index (χ1) is 8.49. The molecular weight excluding hydrogens is 296 g/mol. The maximum atomic E-state index is 11.1. The Bertz CT molecular complexity index is 629. The van der Waals surface area contributed by atoms with E-state index in [2.05, 4.69) is 4.98 Å². The topological polar surface area (TPSA) is 50.2 Å². The van der Waals surface area contributed by atoms with Crippen molar-refractivity contribution >= 4 is 40.8 Å². The third kappa shape index (κ3) is 2.58. The summed E-state index contributed by atoms with van der Waals surface area (Å²) >= 11 is 17.4. The maximum Gasteiger partial charge on any atom is 0.337 e. The average molecular weight is 303 g/mol. The lowest BCUT2D eigenvalue weighted by molar-refractivity contribution is 0.0697. The molecule has 1 heterocycles. The minimum Gasteiger partial charge on any atom is -0.478 e. The Morgan fingerprint density at radius 2 is 1.83 bits per heavy atom. The van der Waals surface area contributed by atoms with Crippen LogP contribution in [0.4, 0.5) is 0 Å². The summed E-state index contributed by atoms with van der Waals surface area (Å²) in [7, 11) is 0. The highest BCUT2D eigenvalue weighted by atomic mass is 35.5. The van der Waals surface area contributed by atoms with Gasteiger partial charge in [0.2, 0.25) is 0 Å². The van der Waals surface area contributed by atoms with Crippen molar-refractivity contribution in [1.82, 2.24) is 4.98 Å². The molecule has 2 aromatic rings. The summed E-state index contributed by atoms with van der Waals surface area (Å²) in [5.74, 6) is -1.11. The highest BCUT2D eigenvalue weighted by molar-refractivity contribution is 6.42. The van der Waals surface area contributed by atoms with Crippen LogP contribution in [-0.4, -0.2) is 16.1 Å². The standard InChI is InChI=1S/C12H6Cl3NO2/c13-7-4-8(12(17)18)11(16-5-7)6-1-2-9(14)10(15)3-6/h1-5H,(H,17,18). The molecule has 0 amide bonds. The van der Waals surface area contributed by atoms with Crippen LogP contribution < -0.4 is 0 Å². The molecule has 0 radical (unpaired) electrons. The Morgan fingerprint density at radius 3 is 2.44 bits per heavy atom. The van der Waals surface area contributed by atoms with Gasteiger partial charge in [-0.2, -0.15) is 0 Å². The summed E-state index contributed by atoms with van der Waals surface area (Å²) in [6.45, 7) is 0. The molecule has 0 atom stereocenters. The average Bonchev–Trinajstić information content (AvgIpc) is 2.32. The van der Waals surface area contributed by atoms with Crippen molar-refractivity contribution in [2.24, 2.45) is 0 Å². The van der Waals surface area contributed by atoms with E-state index in [4.69, 9.17) is 39.9 Å². The predicted molar refractivity (Wildman–Crippen MR) is 71.7 cm³/mol. The van der Waals surface area contributed by atoms with E-state index in [0.29, 0.717) is 21.3 Å². The van der Waals surface area contributed by atoms with E-state index in [-0.39, 0.29) is 10.6 Å². The van der Waals surface area contributed by atoms with Gasteiger partial charge in [0.05, 0.1) is 26.3 Å². The number of halogens is 3. The van der Waals surface area contributed by atoms with Crippen LogP contribution in [0.25, 0.3) is 11.3 Å². The van der Waals surface area contributed by atoms with Gasteiger partial charge < -0.3 is 5.11 Å². The van der Waals surface area contributed by atoms with E-state index in [1.165, 1.54) is 12.3 Å².